The Balaban J connectivity index is 1.75. The molecular formula is C16H19NO2. The molecule has 100 valence electrons. The number of fused-ring (bicyclic) bond motifs is 1. The average molecular weight is 257 g/mol. The first-order valence-electron chi connectivity index (χ1n) is 6.87. The molecule has 0 saturated carbocycles. The molecule has 0 radical (unpaired) electrons. The van der Waals surface area contributed by atoms with Crippen LogP contribution in [0, 0.1) is 0 Å². The van der Waals surface area contributed by atoms with Crippen LogP contribution in [-0.2, 0) is 16.1 Å². The van der Waals surface area contributed by atoms with Gasteiger partial charge in [0.15, 0.2) is 0 Å². The van der Waals surface area contributed by atoms with Crippen molar-refractivity contribution in [1.29, 1.82) is 0 Å². The summed E-state index contributed by atoms with van der Waals surface area (Å²) >= 11 is 0. The second kappa shape index (κ2) is 4.82. The highest BCUT2D eigenvalue weighted by Crippen LogP contribution is 2.34. The first-order chi connectivity index (χ1) is 9.19. The van der Waals surface area contributed by atoms with Crippen molar-refractivity contribution in [1.82, 2.24) is 4.90 Å². The monoisotopic (exact) mass is 257 g/mol. The highest BCUT2D eigenvalue weighted by molar-refractivity contribution is 5.89. The number of carbonyl (C=O) groups is 1. The molecule has 0 aliphatic carbocycles. The molecule has 2 atom stereocenters. The molecule has 3 rings (SSSR count). The summed E-state index contributed by atoms with van der Waals surface area (Å²) in [7, 11) is 0. The summed E-state index contributed by atoms with van der Waals surface area (Å²) in [6, 6.07) is 10.4. The van der Waals surface area contributed by atoms with Gasteiger partial charge in [-0.2, -0.15) is 0 Å². The minimum Gasteiger partial charge on any atom is -0.364 e. The van der Waals surface area contributed by atoms with Crippen molar-refractivity contribution in [3.05, 3.63) is 48.0 Å². The highest BCUT2D eigenvalue weighted by Gasteiger charge is 2.44. The fourth-order valence-electron chi connectivity index (χ4n) is 3.03. The molecular weight excluding hydrogens is 238 g/mol. The maximum Gasteiger partial charge on any atom is 0.246 e. The summed E-state index contributed by atoms with van der Waals surface area (Å²) in [4.78, 5) is 13.8. The highest BCUT2D eigenvalue weighted by atomic mass is 16.5. The fourth-order valence-corrected chi connectivity index (χ4v) is 3.03. The molecule has 3 heteroatoms. The quantitative estimate of drug-likeness (QED) is 0.832. The maximum absolute atomic E-state index is 11.8. The number of amides is 1. The predicted octanol–water partition coefficient (Wildman–Crippen LogP) is 2.52. The molecule has 0 N–H and O–H groups in total. The molecule has 2 aliphatic heterocycles. The van der Waals surface area contributed by atoms with Crippen molar-refractivity contribution in [2.75, 3.05) is 6.54 Å². The van der Waals surface area contributed by atoms with E-state index >= 15 is 0 Å². The summed E-state index contributed by atoms with van der Waals surface area (Å²) in [5, 5.41) is 0. The third-order valence-corrected chi connectivity index (χ3v) is 4.15. The molecule has 0 unspecified atom stereocenters. The molecule has 2 heterocycles. The van der Waals surface area contributed by atoms with E-state index in [1.54, 1.807) is 6.08 Å². The van der Waals surface area contributed by atoms with Crippen molar-refractivity contribution >= 4 is 5.91 Å². The second-order valence-electron chi connectivity index (χ2n) is 5.48. The topological polar surface area (TPSA) is 29.5 Å². The Labute approximate surface area is 113 Å². The summed E-state index contributed by atoms with van der Waals surface area (Å²) in [5.41, 5.74) is 0.804. The Morgan fingerprint density at radius 2 is 2.16 bits per heavy atom. The first-order valence-corrected chi connectivity index (χ1v) is 6.87. The van der Waals surface area contributed by atoms with E-state index in [9.17, 15) is 4.79 Å². The van der Waals surface area contributed by atoms with Crippen LogP contribution in [0.4, 0.5) is 0 Å². The normalized spacial score (nSPS) is 29.6. The molecule has 19 heavy (non-hydrogen) atoms. The van der Waals surface area contributed by atoms with Gasteiger partial charge in [0.25, 0.3) is 0 Å². The molecule has 1 aromatic rings. The zero-order chi connectivity index (χ0) is 13.3. The van der Waals surface area contributed by atoms with Crippen LogP contribution in [0.3, 0.4) is 0 Å². The lowest BCUT2D eigenvalue weighted by molar-refractivity contribution is -0.136. The van der Waals surface area contributed by atoms with Crippen LogP contribution in [-0.4, -0.2) is 29.0 Å². The molecule has 2 aliphatic rings. The van der Waals surface area contributed by atoms with Gasteiger partial charge in [0.1, 0.15) is 5.60 Å². The summed E-state index contributed by atoms with van der Waals surface area (Å²) < 4.78 is 6.14. The van der Waals surface area contributed by atoms with Gasteiger partial charge in [-0.3, -0.25) is 4.79 Å². The van der Waals surface area contributed by atoms with E-state index in [0.717, 1.165) is 19.4 Å². The minimum absolute atomic E-state index is 0.128. The van der Waals surface area contributed by atoms with Crippen LogP contribution >= 0.6 is 0 Å². The minimum atomic E-state index is -0.361. The molecule has 1 fully saturated rings. The number of benzene rings is 1. The number of hydrogen-bond donors (Lipinski definition) is 0. The smallest absolute Gasteiger partial charge is 0.246 e. The van der Waals surface area contributed by atoms with Gasteiger partial charge in [-0.1, -0.05) is 30.3 Å². The largest absolute Gasteiger partial charge is 0.364 e. The van der Waals surface area contributed by atoms with E-state index in [0.29, 0.717) is 6.61 Å². The Bertz CT molecular complexity index is 497. The van der Waals surface area contributed by atoms with Crippen molar-refractivity contribution in [3.63, 3.8) is 0 Å². The molecule has 1 amide bonds. The van der Waals surface area contributed by atoms with E-state index in [1.807, 2.05) is 29.2 Å². The summed E-state index contributed by atoms with van der Waals surface area (Å²) in [6.07, 6.45) is 5.70. The van der Waals surface area contributed by atoms with Crippen LogP contribution in [0.2, 0.25) is 0 Å². The SMILES string of the molecule is C[C@]1(OCc2ccccc2)C=CC(=O)N2CCC[C@H]21. The molecule has 0 bridgehead atoms. The molecule has 1 saturated heterocycles. The average Bonchev–Trinajstić information content (AvgIpc) is 2.94. The van der Waals surface area contributed by atoms with Gasteiger partial charge >= 0.3 is 0 Å². The fraction of sp³-hybridized carbons (Fsp3) is 0.438. The van der Waals surface area contributed by atoms with Gasteiger partial charge in [0, 0.05) is 12.6 Å². The number of carbonyl (C=O) groups excluding carboxylic acids is 1. The Morgan fingerprint density at radius 3 is 2.95 bits per heavy atom. The van der Waals surface area contributed by atoms with Crippen LogP contribution in [0.1, 0.15) is 25.3 Å². The third kappa shape index (κ3) is 2.30. The standard InChI is InChI=1S/C16H19NO2/c1-16(19-12-13-6-3-2-4-7-13)10-9-15(18)17-11-5-8-14(16)17/h2-4,6-7,9-10,14H,5,8,11-12H2,1H3/t14-,16-/m0/s1. The predicted molar refractivity (Wildman–Crippen MR) is 73.5 cm³/mol. The zero-order valence-electron chi connectivity index (χ0n) is 11.2. The van der Waals surface area contributed by atoms with E-state index in [2.05, 4.69) is 19.1 Å². The Morgan fingerprint density at radius 1 is 1.37 bits per heavy atom. The lowest BCUT2D eigenvalue weighted by Gasteiger charge is -2.40. The van der Waals surface area contributed by atoms with Crippen LogP contribution in [0.5, 0.6) is 0 Å². The zero-order valence-corrected chi connectivity index (χ0v) is 11.2. The van der Waals surface area contributed by atoms with Crippen molar-refractivity contribution in [2.45, 2.75) is 38.0 Å². The number of hydrogen-bond acceptors (Lipinski definition) is 2. The van der Waals surface area contributed by atoms with E-state index in [-0.39, 0.29) is 17.6 Å². The van der Waals surface area contributed by atoms with Crippen LogP contribution < -0.4 is 0 Å². The van der Waals surface area contributed by atoms with Crippen molar-refractivity contribution in [2.24, 2.45) is 0 Å². The van der Waals surface area contributed by atoms with Crippen LogP contribution in [0.15, 0.2) is 42.5 Å². The van der Waals surface area contributed by atoms with Crippen molar-refractivity contribution in [3.8, 4) is 0 Å². The summed E-state index contributed by atoms with van der Waals surface area (Å²) in [6.45, 7) is 3.53. The van der Waals surface area contributed by atoms with Crippen LogP contribution in [0.25, 0.3) is 0 Å². The van der Waals surface area contributed by atoms with Gasteiger partial charge < -0.3 is 9.64 Å². The van der Waals surface area contributed by atoms with E-state index in [1.165, 1.54) is 5.56 Å². The Hall–Kier alpha value is -1.61. The van der Waals surface area contributed by atoms with E-state index in [4.69, 9.17) is 4.74 Å². The number of ether oxygens (including phenoxy) is 1. The second-order valence-corrected chi connectivity index (χ2v) is 5.48. The molecule has 3 nitrogen and oxygen atoms in total. The van der Waals surface area contributed by atoms with Crippen molar-refractivity contribution < 1.29 is 9.53 Å². The number of nitrogens with zero attached hydrogens (tertiary/aromatic N) is 1. The lowest BCUT2D eigenvalue weighted by Crippen LogP contribution is -2.52. The maximum atomic E-state index is 11.8. The van der Waals surface area contributed by atoms with Gasteiger partial charge in [0.05, 0.1) is 12.6 Å². The molecule has 1 aromatic carbocycles. The number of rotatable bonds is 3. The third-order valence-electron chi connectivity index (χ3n) is 4.15. The van der Waals surface area contributed by atoms with Gasteiger partial charge in [-0.05, 0) is 31.4 Å². The van der Waals surface area contributed by atoms with Gasteiger partial charge in [-0.15, -0.1) is 0 Å². The van der Waals surface area contributed by atoms with E-state index < -0.39 is 0 Å². The lowest BCUT2D eigenvalue weighted by atomic mass is 9.90. The van der Waals surface area contributed by atoms with Gasteiger partial charge in [-0.25, -0.2) is 0 Å². The summed E-state index contributed by atoms with van der Waals surface area (Å²) in [5.74, 6) is 0.128. The first kappa shape index (κ1) is 12.4. The molecule has 0 aromatic heterocycles. The van der Waals surface area contributed by atoms with Gasteiger partial charge in [0.2, 0.25) is 5.91 Å². The molecule has 0 spiro atoms. The Kier molecular flexibility index (Phi) is 3.15.